The molecular weight excluding hydrogens is 329 g/mol. The van der Waals surface area contributed by atoms with Gasteiger partial charge in [-0.25, -0.2) is 17.1 Å². The molecule has 2 atom stereocenters. The van der Waals surface area contributed by atoms with Crippen LogP contribution in [0.25, 0.3) is 0 Å². The number of halogens is 1. The lowest BCUT2D eigenvalue weighted by Gasteiger charge is -2.24. The number of benzene rings is 2. The summed E-state index contributed by atoms with van der Waals surface area (Å²) in [7, 11) is -3.92. The van der Waals surface area contributed by atoms with Crippen LogP contribution < -0.4 is 0 Å². The van der Waals surface area contributed by atoms with E-state index in [1.807, 2.05) is 6.92 Å². The second kappa shape index (κ2) is 5.14. The first kappa shape index (κ1) is 15.3. The Morgan fingerprint density at radius 3 is 2.50 bits per heavy atom. The van der Waals surface area contributed by atoms with Crippen molar-refractivity contribution in [3.05, 3.63) is 65.0 Å². The Balaban J connectivity index is 1.81. The molecule has 2 unspecified atom stereocenters. The highest BCUT2D eigenvalue weighted by Gasteiger charge is 2.50. The van der Waals surface area contributed by atoms with E-state index >= 15 is 0 Å². The number of amides is 1. The van der Waals surface area contributed by atoms with Crippen LogP contribution in [-0.2, 0) is 21.2 Å². The van der Waals surface area contributed by atoms with E-state index < -0.39 is 16.1 Å². The van der Waals surface area contributed by atoms with E-state index in [-0.39, 0.29) is 29.0 Å². The molecule has 0 radical (unpaired) electrons. The van der Waals surface area contributed by atoms with Crippen LogP contribution in [-0.4, -0.2) is 18.6 Å². The Bertz CT molecular complexity index is 937. The van der Waals surface area contributed by atoms with E-state index in [0.717, 1.165) is 21.0 Å². The molecule has 124 valence electrons. The van der Waals surface area contributed by atoms with Crippen molar-refractivity contribution in [2.45, 2.75) is 30.7 Å². The second-order valence-corrected chi connectivity index (χ2v) is 8.28. The first-order valence-corrected chi connectivity index (χ1v) is 9.24. The molecule has 0 N–H and O–H groups in total. The van der Waals surface area contributed by atoms with Gasteiger partial charge in [-0.05, 0) is 54.7 Å². The van der Waals surface area contributed by atoms with Gasteiger partial charge >= 0.3 is 0 Å². The largest absolute Gasteiger partial charge is 0.274 e. The molecule has 6 heteroatoms. The zero-order chi connectivity index (χ0) is 17.1. The van der Waals surface area contributed by atoms with Crippen LogP contribution in [0.3, 0.4) is 0 Å². The number of hydrogen-bond acceptors (Lipinski definition) is 3. The topological polar surface area (TPSA) is 54.5 Å². The van der Waals surface area contributed by atoms with Crippen LogP contribution in [0, 0.1) is 18.7 Å². The number of sulfonamides is 1. The van der Waals surface area contributed by atoms with Crippen LogP contribution in [0.15, 0.2) is 47.4 Å². The molecule has 1 saturated heterocycles. The first-order valence-electron chi connectivity index (χ1n) is 7.80. The maximum absolute atomic E-state index is 13.4. The fourth-order valence-electron chi connectivity index (χ4n) is 3.77. The highest BCUT2D eigenvalue weighted by atomic mass is 32.2. The average molecular weight is 345 g/mol. The zero-order valence-corrected chi connectivity index (χ0v) is 13.9. The van der Waals surface area contributed by atoms with Gasteiger partial charge in [0.2, 0.25) is 5.91 Å². The third-order valence-electron chi connectivity index (χ3n) is 4.87. The van der Waals surface area contributed by atoms with Gasteiger partial charge in [-0.1, -0.05) is 23.8 Å². The number of carbonyl (C=O) groups is 1. The Morgan fingerprint density at radius 2 is 1.79 bits per heavy atom. The molecule has 24 heavy (non-hydrogen) atoms. The van der Waals surface area contributed by atoms with E-state index in [2.05, 4.69) is 0 Å². The molecular formula is C18H16FNO3S. The normalized spacial score (nSPS) is 22.6. The monoisotopic (exact) mass is 345 g/mol. The van der Waals surface area contributed by atoms with Crippen molar-refractivity contribution in [1.82, 2.24) is 4.31 Å². The minimum absolute atomic E-state index is 0.109. The Labute approximate surface area is 140 Å². The van der Waals surface area contributed by atoms with Crippen LogP contribution in [0.1, 0.15) is 29.2 Å². The lowest BCUT2D eigenvalue weighted by Crippen LogP contribution is -2.34. The summed E-state index contributed by atoms with van der Waals surface area (Å²) < 4.78 is 40.5. The van der Waals surface area contributed by atoms with Crippen molar-refractivity contribution in [1.29, 1.82) is 0 Å². The minimum atomic E-state index is -3.92. The van der Waals surface area contributed by atoms with Gasteiger partial charge in [-0.15, -0.1) is 0 Å². The number of carbonyl (C=O) groups excluding carboxylic acids is 1. The fourth-order valence-corrected chi connectivity index (χ4v) is 5.40. The molecule has 0 saturated carbocycles. The molecule has 2 aromatic rings. The van der Waals surface area contributed by atoms with Crippen LogP contribution >= 0.6 is 0 Å². The van der Waals surface area contributed by atoms with Gasteiger partial charge in [0.05, 0.1) is 10.9 Å². The van der Waals surface area contributed by atoms with Crippen molar-refractivity contribution in [3.8, 4) is 0 Å². The standard InChI is InChI=1S/C18H16FNO3S/c1-11-2-5-15(6-3-11)24(22,23)20-17(21)10-13-8-12-9-14(19)4-7-16(12)18(13)20/h2-7,9,13,18H,8,10H2,1H3. The van der Waals surface area contributed by atoms with Gasteiger partial charge in [-0.2, -0.15) is 0 Å². The van der Waals surface area contributed by atoms with Gasteiger partial charge < -0.3 is 0 Å². The second-order valence-electron chi connectivity index (χ2n) is 6.46. The Hall–Kier alpha value is -2.21. The summed E-state index contributed by atoms with van der Waals surface area (Å²) >= 11 is 0. The summed E-state index contributed by atoms with van der Waals surface area (Å²) in [5, 5.41) is 0. The smallest absolute Gasteiger partial charge is 0.267 e. The molecule has 1 fully saturated rings. The van der Waals surface area contributed by atoms with Crippen molar-refractivity contribution in [2.75, 3.05) is 0 Å². The van der Waals surface area contributed by atoms with E-state index in [1.165, 1.54) is 24.3 Å². The minimum Gasteiger partial charge on any atom is -0.274 e. The third-order valence-corrected chi connectivity index (χ3v) is 6.68. The lowest BCUT2D eigenvalue weighted by atomic mass is 10.0. The molecule has 1 amide bonds. The van der Waals surface area contributed by atoms with Crippen molar-refractivity contribution in [2.24, 2.45) is 5.92 Å². The maximum atomic E-state index is 13.4. The molecule has 4 rings (SSSR count). The van der Waals surface area contributed by atoms with E-state index in [0.29, 0.717) is 6.42 Å². The average Bonchev–Trinajstić information content (AvgIpc) is 3.01. The van der Waals surface area contributed by atoms with Crippen LogP contribution in [0.2, 0.25) is 0 Å². The summed E-state index contributed by atoms with van der Waals surface area (Å²) in [5.74, 6) is -0.844. The number of nitrogens with zero attached hydrogens (tertiary/aromatic N) is 1. The lowest BCUT2D eigenvalue weighted by molar-refractivity contribution is -0.124. The molecule has 4 nitrogen and oxygen atoms in total. The predicted molar refractivity (Wildman–Crippen MR) is 86.2 cm³/mol. The van der Waals surface area contributed by atoms with Crippen molar-refractivity contribution < 1.29 is 17.6 Å². The van der Waals surface area contributed by atoms with E-state index in [4.69, 9.17) is 0 Å². The number of rotatable bonds is 2. The summed E-state index contributed by atoms with van der Waals surface area (Å²) in [5.41, 5.74) is 2.48. The van der Waals surface area contributed by atoms with Crippen LogP contribution in [0.4, 0.5) is 4.39 Å². The highest BCUT2D eigenvalue weighted by Crippen LogP contribution is 2.49. The van der Waals surface area contributed by atoms with Crippen LogP contribution in [0.5, 0.6) is 0 Å². The quantitative estimate of drug-likeness (QED) is 0.841. The van der Waals surface area contributed by atoms with E-state index in [9.17, 15) is 17.6 Å². The number of hydrogen-bond donors (Lipinski definition) is 0. The Kier molecular flexibility index (Phi) is 3.28. The summed E-state index contributed by atoms with van der Waals surface area (Å²) in [6.07, 6.45) is 0.704. The summed E-state index contributed by atoms with van der Waals surface area (Å²) in [6, 6.07) is 10.3. The molecule has 1 aliphatic carbocycles. The van der Waals surface area contributed by atoms with Gasteiger partial charge in [-0.3, -0.25) is 4.79 Å². The fraction of sp³-hybridized carbons (Fsp3) is 0.278. The Morgan fingerprint density at radius 1 is 1.08 bits per heavy atom. The van der Waals surface area contributed by atoms with Gasteiger partial charge in [0.25, 0.3) is 10.0 Å². The van der Waals surface area contributed by atoms with Crippen molar-refractivity contribution in [3.63, 3.8) is 0 Å². The maximum Gasteiger partial charge on any atom is 0.267 e. The van der Waals surface area contributed by atoms with Gasteiger partial charge in [0.15, 0.2) is 0 Å². The first-order chi connectivity index (χ1) is 11.4. The third kappa shape index (κ3) is 2.17. The number of fused-ring (bicyclic) bond motifs is 3. The van der Waals surface area contributed by atoms with Crippen molar-refractivity contribution >= 4 is 15.9 Å². The molecule has 1 aliphatic heterocycles. The summed E-state index contributed by atoms with van der Waals surface area (Å²) in [6.45, 7) is 1.87. The predicted octanol–water partition coefficient (Wildman–Crippen LogP) is 2.97. The van der Waals surface area contributed by atoms with Gasteiger partial charge in [0, 0.05) is 6.42 Å². The zero-order valence-electron chi connectivity index (χ0n) is 13.1. The molecule has 0 spiro atoms. The highest BCUT2D eigenvalue weighted by molar-refractivity contribution is 7.89. The van der Waals surface area contributed by atoms with Gasteiger partial charge in [0.1, 0.15) is 5.82 Å². The SMILES string of the molecule is Cc1ccc(S(=O)(=O)N2C(=O)CC3Cc4cc(F)ccc4C32)cc1. The number of aryl methyl sites for hydroxylation is 1. The summed E-state index contributed by atoms with van der Waals surface area (Å²) in [4.78, 5) is 12.5. The molecule has 1 heterocycles. The molecule has 2 aliphatic rings. The molecule has 0 aromatic heterocycles. The molecule has 0 bridgehead atoms. The molecule has 2 aromatic carbocycles. The van der Waals surface area contributed by atoms with E-state index in [1.54, 1.807) is 18.2 Å².